The lowest BCUT2D eigenvalue weighted by Gasteiger charge is -2.30. The third-order valence-electron chi connectivity index (χ3n) is 3.23. The lowest BCUT2D eigenvalue weighted by Crippen LogP contribution is -2.39. The van der Waals surface area contributed by atoms with Gasteiger partial charge in [-0.1, -0.05) is 11.6 Å². The second-order valence-corrected chi connectivity index (χ2v) is 5.82. The molecule has 0 aliphatic heterocycles. The lowest BCUT2D eigenvalue weighted by molar-refractivity contribution is 0.141. The Bertz CT molecular complexity index is 411. The Morgan fingerprint density at radius 2 is 1.79 bits per heavy atom. The van der Waals surface area contributed by atoms with Crippen molar-refractivity contribution < 1.29 is 4.74 Å². The number of nitrogens with zero attached hydrogens (tertiary/aromatic N) is 1. The molecule has 108 valence electrons. The fourth-order valence-electron chi connectivity index (χ4n) is 2.21. The number of nitrogens with two attached hydrogens (primary N) is 1. The van der Waals surface area contributed by atoms with Crippen molar-refractivity contribution in [2.45, 2.75) is 46.7 Å². The molecule has 0 atom stereocenters. The molecular weight excluding hydrogens is 260 g/mol. The van der Waals surface area contributed by atoms with Crippen LogP contribution < -0.4 is 10.5 Å². The molecule has 0 saturated heterocycles. The first-order chi connectivity index (χ1) is 8.82. The molecule has 0 spiro atoms. The zero-order valence-corrected chi connectivity index (χ0v) is 13.3. The van der Waals surface area contributed by atoms with Gasteiger partial charge in [0.1, 0.15) is 12.4 Å². The summed E-state index contributed by atoms with van der Waals surface area (Å²) in [5.74, 6) is 0.812. The van der Waals surface area contributed by atoms with E-state index < -0.39 is 0 Å². The molecule has 0 heterocycles. The van der Waals surface area contributed by atoms with Gasteiger partial charge < -0.3 is 10.5 Å². The molecule has 3 nitrogen and oxygen atoms in total. The first kappa shape index (κ1) is 16.1. The smallest absolute Gasteiger partial charge is 0.123 e. The van der Waals surface area contributed by atoms with Crippen molar-refractivity contribution in [3.63, 3.8) is 0 Å². The number of hydrogen-bond donors (Lipinski definition) is 1. The van der Waals surface area contributed by atoms with Crippen molar-refractivity contribution in [2.75, 3.05) is 18.9 Å². The van der Waals surface area contributed by atoms with Gasteiger partial charge >= 0.3 is 0 Å². The number of rotatable bonds is 6. The summed E-state index contributed by atoms with van der Waals surface area (Å²) in [6.45, 7) is 12.3. The maximum absolute atomic E-state index is 6.01. The van der Waals surface area contributed by atoms with E-state index in [1.165, 1.54) is 0 Å². The number of benzene rings is 1. The SMILES string of the molecule is Cc1cc(N)c(Cl)cc1OCCN(C(C)C)C(C)C. The summed E-state index contributed by atoms with van der Waals surface area (Å²) in [7, 11) is 0. The highest BCUT2D eigenvalue weighted by Crippen LogP contribution is 2.28. The monoisotopic (exact) mass is 284 g/mol. The van der Waals surface area contributed by atoms with Gasteiger partial charge in [-0.25, -0.2) is 0 Å². The van der Waals surface area contributed by atoms with Crippen molar-refractivity contribution >= 4 is 17.3 Å². The van der Waals surface area contributed by atoms with Crippen LogP contribution in [0.15, 0.2) is 12.1 Å². The van der Waals surface area contributed by atoms with Gasteiger partial charge in [0.15, 0.2) is 0 Å². The van der Waals surface area contributed by atoms with Crippen molar-refractivity contribution in [3.8, 4) is 5.75 Å². The highest BCUT2D eigenvalue weighted by Gasteiger charge is 2.13. The zero-order valence-electron chi connectivity index (χ0n) is 12.5. The molecule has 0 aliphatic rings. The summed E-state index contributed by atoms with van der Waals surface area (Å²) < 4.78 is 5.82. The average Bonchev–Trinajstić information content (AvgIpc) is 2.29. The third kappa shape index (κ3) is 4.59. The molecule has 0 amide bonds. The van der Waals surface area contributed by atoms with E-state index in [9.17, 15) is 0 Å². The molecule has 0 bridgehead atoms. The van der Waals surface area contributed by atoms with Crippen LogP contribution in [0.4, 0.5) is 5.69 Å². The molecule has 19 heavy (non-hydrogen) atoms. The Balaban J connectivity index is 2.60. The Kier molecular flexibility index (Phi) is 5.95. The van der Waals surface area contributed by atoms with E-state index in [0.29, 0.717) is 29.4 Å². The first-order valence-corrected chi connectivity index (χ1v) is 7.15. The Labute approximate surface area is 121 Å². The van der Waals surface area contributed by atoms with E-state index in [4.69, 9.17) is 22.1 Å². The fraction of sp³-hybridized carbons (Fsp3) is 0.600. The molecule has 0 fully saturated rings. The molecule has 1 aromatic carbocycles. The van der Waals surface area contributed by atoms with Gasteiger partial charge in [-0.3, -0.25) is 4.90 Å². The van der Waals surface area contributed by atoms with Crippen LogP contribution in [0.2, 0.25) is 5.02 Å². The van der Waals surface area contributed by atoms with E-state index in [2.05, 4.69) is 32.6 Å². The standard InChI is InChI=1S/C15H25ClN2O/c1-10(2)18(11(3)4)6-7-19-15-9-13(16)14(17)8-12(15)5/h8-11H,6-7,17H2,1-5H3. The highest BCUT2D eigenvalue weighted by molar-refractivity contribution is 6.33. The molecule has 0 aliphatic carbocycles. The predicted molar refractivity (Wildman–Crippen MR) is 83.1 cm³/mol. The molecule has 0 unspecified atom stereocenters. The van der Waals surface area contributed by atoms with Gasteiger partial charge in [0, 0.05) is 24.7 Å². The van der Waals surface area contributed by atoms with Gasteiger partial charge in [-0.2, -0.15) is 0 Å². The summed E-state index contributed by atoms with van der Waals surface area (Å²) in [5.41, 5.74) is 7.36. The Hall–Kier alpha value is -0.930. The van der Waals surface area contributed by atoms with E-state index in [0.717, 1.165) is 17.9 Å². The topological polar surface area (TPSA) is 38.5 Å². The third-order valence-corrected chi connectivity index (χ3v) is 3.56. The summed E-state index contributed by atoms with van der Waals surface area (Å²) in [6.07, 6.45) is 0. The van der Waals surface area contributed by atoms with E-state index in [-0.39, 0.29) is 0 Å². The first-order valence-electron chi connectivity index (χ1n) is 6.77. The van der Waals surface area contributed by atoms with Crippen molar-refractivity contribution in [1.82, 2.24) is 4.90 Å². The largest absolute Gasteiger partial charge is 0.492 e. The molecule has 1 rings (SSSR count). The van der Waals surface area contributed by atoms with Crippen molar-refractivity contribution in [2.24, 2.45) is 0 Å². The van der Waals surface area contributed by atoms with E-state index in [1.807, 2.05) is 13.0 Å². The lowest BCUT2D eigenvalue weighted by atomic mass is 10.2. The van der Waals surface area contributed by atoms with E-state index >= 15 is 0 Å². The normalized spacial score (nSPS) is 11.6. The van der Waals surface area contributed by atoms with Crippen LogP contribution in [0.25, 0.3) is 0 Å². The van der Waals surface area contributed by atoms with Crippen molar-refractivity contribution in [1.29, 1.82) is 0 Å². The Morgan fingerprint density at radius 3 is 2.32 bits per heavy atom. The zero-order chi connectivity index (χ0) is 14.6. The van der Waals surface area contributed by atoms with E-state index in [1.54, 1.807) is 6.07 Å². The fourth-order valence-corrected chi connectivity index (χ4v) is 2.37. The second kappa shape index (κ2) is 7.01. The van der Waals surface area contributed by atoms with Crippen LogP contribution in [0.1, 0.15) is 33.3 Å². The summed E-state index contributed by atoms with van der Waals surface area (Å²) in [6, 6.07) is 4.67. The molecule has 0 saturated carbocycles. The van der Waals surface area contributed by atoms with Crippen LogP contribution in [0.5, 0.6) is 5.75 Å². The molecule has 0 aromatic heterocycles. The van der Waals surface area contributed by atoms with Crippen LogP contribution in [-0.4, -0.2) is 30.1 Å². The minimum atomic E-state index is 0.514. The summed E-state index contributed by atoms with van der Waals surface area (Å²) in [5, 5.41) is 0.546. The van der Waals surface area contributed by atoms with Crippen molar-refractivity contribution in [3.05, 3.63) is 22.7 Å². The number of ether oxygens (including phenoxy) is 1. The molecular formula is C15H25ClN2O. The average molecular weight is 285 g/mol. The number of nitrogen functional groups attached to an aromatic ring is 1. The van der Waals surface area contributed by atoms with Gasteiger partial charge in [-0.15, -0.1) is 0 Å². The number of halogens is 1. The number of anilines is 1. The molecule has 0 radical (unpaired) electrons. The number of aryl methyl sites for hydroxylation is 1. The van der Waals surface area contributed by atoms with Gasteiger partial charge in [0.2, 0.25) is 0 Å². The maximum atomic E-state index is 6.01. The second-order valence-electron chi connectivity index (χ2n) is 5.41. The summed E-state index contributed by atoms with van der Waals surface area (Å²) >= 11 is 6.01. The number of hydrogen-bond acceptors (Lipinski definition) is 3. The van der Waals surface area contributed by atoms with Gasteiger partial charge in [-0.05, 0) is 46.2 Å². The van der Waals surface area contributed by atoms with Gasteiger partial charge in [0.25, 0.3) is 0 Å². The molecule has 4 heteroatoms. The minimum Gasteiger partial charge on any atom is -0.492 e. The summed E-state index contributed by atoms with van der Waals surface area (Å²) in [4.78, 5) is 2.40. The Morgan fingerprint density at radius 1 is 1.21 bits per heavy atom. The quantitative estimate of drug-likeness (QED) is 0.809. The predicted octanol–water partition coefficient (Wildman–Crippen LogP) is 3.73. The highest BCUT2D eigenvalue weighted by atomic mass is 35.5. The van der Waals surface area contributed by atoms with Crippen LogP contribution in [0, 0.1) is 6.92 Å². The van der Waals surface area contributed by atoms with Crippen LogP contribution >= 0.6 is 11.6 Å². The van der Waals surface area contributed by atoms with Crippen LogP contribution in [-0.2, 0) is 0 Å². The maximum Gasteiger partial charge on any atom is 0.123 e. The molecule has 2 N–H and O–H groups in total. The minimum absolute atomic E-state index is 0.514. The van der Waals surface area contributed by atoms with Crippen LogP contribution in [0.3, 0.4) is 0 Å². The van der Waals surface area contributed by atoms with Gasteiger partial charge in [0.05, 0.1) is 10.7 Å². The molecule has 1 aromatic rings.